The molecule has 3 rings (SSSR count). The molecule has 3 aromatic rings. The van der Waals surface area contributed by atoms with Crippen LogP contribution in [0.2, 0.25) is 10.2 Å². The molecule has 0 spiro atoms. The van der Waals surface area contributed by atoms with Gasteiger partial charge < -0.3 is 0 Å². The van der Waals surface area contributed by atoms with Gasteiger partial charge in [-0.3, -0.25) is 4.79 Å². The fourth-order valence-corrected chi connectivity index (χ4v) is 3.15. The molecule has 0 aliphatic carbocycles. The lowest BCUT2D eigenvalue weighted by atomic mass is 10.0. The van der Waals surface area contributed by atoms with Gasteiger partial charge in [-0.05, 0) is 24.6 Å². The quantitative estimate of drug-likeness (QED) is 0.332. The number of carbonyl (C=O) groups is 1. The van der Waals surface area contributed by atoms with Crippen molar-refractivity contribution in [2.24, 2.45) is 0 Å². The summed E-state index contributed by atoms with van der Waals surface area (Å²) in [6.45, 7) is 2.17. The van der Waals surface area contributed by atoms with Gasteiger partial charge in [-0.1, -0.05) is 71.7 Å². The van der Waals surface area contributed by atoms with Crippen molar-refractivity contribution in [3.63, 3.8) is 0 Å². The summed E-state index contributed by atoms with van der Waals surface area (Å²) in [5, 5.41) is 14.8. The van der Waals surface area contributed by atoms with E-state index in [1.54, 1.807) is 41.9 Å². The highest BCUT2D eigenvalue weighted by atomic mass is 35.5. The van der Waals surface area contributed by atoms with Crippen LogP contribution in [0.15, 0.2) is 60.2 Å². The zero-order valence-electron chi connectivity index (χ0n) is 14.5. The summed E-state index contributed by atoms with van der Waals surface area (Å²) < 4.78 is 1.60. The first-order valence-corrected chi connectivity index (χ1v) is 8.94. The van der Waals surface area contributed by atoms with Crippen molar-refractivity contribution in [3.05, 3.63) is 92.7 Å². The number of allylic oxidation sites excluding steroid dienone is 1. The van der Waals surface area contributed by atoms with Gasteiger partial charge in [0.05, 0.1) is 12.2 Å². The molecule has 1 aromatic heterocycles. The Hall–Kier alpha value is -2.87. The summed E-state index contributed by atoms with van der Waals surface area (Å²) in [7, 11) is 0. The van der Waals surface area contributed by atoms with Crippen molar-refractivity contribution in [2.45, 2.75) is 13.5 Å². The second-order valence-electron chi connectivity index (χ2n) is 5.90. The predicted octanol–water partition coefficient (Wildman–Crippen LogP) is 5.34. The van der Waals surface area contributed by atoms with Gasteiger partial charge in [0.2, 0.25) is 5.78 Å². The Labute approximate surface area is 167 Å². The lowest BCUT2D eigenvalue weighted by Crippen LogP contribution is -2.03. The van der Waals surface area contributed by atoms with Crippen LogP contribution in [0.3, 0.4) is 0 Å². The van der Waals surface area contributed by atoms with Crippen LogP contribution in [-0.2, 0) is 6.54 Å². The molecule has 2 aromatic carbocycles. The first kappa shape index (κ1) is 18.9. The Bertz CT molecular complexity index is 1060. The van der Waals surface area contributed by atoms with Crippen molar-refractivity contribution in [1.82, 2.24) is 9.78 Å². The van der Waals surface area contributed by atoms with E-state index in [0.29, 0.717) is 33.5 Å². The van der Waals surface area contributed by atoms with Crippen molar-refractivity contribution >= 4 is 35.1 Å². The number of rotatable bonds is 5. The molecule has 0 fully saturated rings. The standard InChI is InChI=1S/C21H15Cl2N3O/c1-14-18(11-17(12-24)20(27)15-7-3-2-4-8-15)21(23)26(25-14)13-16-9-5-6-10-19(16)22/h2-11H,13H2,1H3/b17-11+. The van der Waals surface area contributed by atoms with E-state index in [9.17, 15) is 10.1 Å². The van der Waals surface area contributed by atoms with Crippen LogP contribution in [0.5, 0.6) is 0 Å². The van der Waals surface area contributed by atoms with Crippen LogP contribution < -0.4 is 0 Å². The Morgan fingerprint density at radius 3 is 2.48 bits per heavy atom. The molecule has 4 nitrogen and oxygen atoms in total. The number of benzene rings is 2. The fraction of sp³-hybridized carbons (Fsp3) is 0.0952. The largest absolute Gasteiger partial charge is 0.288 e. The number of nitrogens with zero attached hydrogens (tertiary/aromatic N) is 3. The number of nitriles is 1. The smallest absolute Gasteiger partial charge is 0.203 e. The maximum Gasteiger partial charge on any atom is 0.203 e. The number of aromatic nitrogens is 2. The van der Waals surface area contributed by atoms with Crippen molar-refractivity contribution in [1.29, 1.82) is 5.26 Å². The zero-order valence-corrected chi connectivity index (χ0v) is 16.0. The van der Waals surface area contributed by atoms with Gasteiger partial charge in [-0.2, -0.15) is 10.4 Å². The number of ketones is 1. The average Bonchev–Trinajstić information content (AvgIpc) is 2.95. The molecule has 0 saturated heterocycles. The van der Waals surface area contributed by atoms with Crippen LogP contribution in [-0.4, -0.2) is 15.6 Å². The predicted molar refractivity (Wildman–Crippen MR) is 107 cm³/mol. The maximum absolute atomic E-state index is 12.6. The Morgan fingerprint density at radius 1 is 1.15 bits per heavy atom. The first-order chi connectivity index (χ1) is 13.0. The summed E-state index contributed by atoms with van der Waals surface area (Å²) in [4.78, 5) is 12.6. The van der Waals surface area contributed by atoms with Crippen LogP contribution in [0.4, 0.5) is 0 Å². The van der Waals surface area contributed by atoms with Gasteiger partial charge in [-0.15, -0.1) is 0 Å². The van der Waals surface area contributed by atoms with Gasteiger partial charge in [0, 0.05) is 16.1 Å². The monoisotopic (exact) mass is 395 g/mol. The Kier molecular flexibility index (Phi) is 5.75. The number of aryl methyl sites for hydroxylation is 1. The molecule has 0 radical (unpaired) electrons. The molecular weight excluding hydrogens is 381 g/mol. The molecule has 0 aliphatic heterocycles. The van der Waals surface area contributed by atoms with E-state index >= 15 is 0 Å². The molecule has 0 unspecified atom stereocenters. The van der Waals surface area contributed by atoms with Crippen molar-refractivity contribution in [3.8, 4) is 6.07 Å². The molecule has 27 heavy (non-hydrogen) atoms. The van der Waals surface area contributed by atoms with E-state index in [4.69, 9.17) is 23.2 Å². The van der Waals surface area contributed by atoms with Crippen LogP contribution in [0.1, 0.15) is 27.2 Å². The summed E-state index contributed by atoms with van der Waals surface area (Å²) in [5.41, 5.74) is 2.50. The third-order valence-corrected chi connectivity index (χ3v) is 4.84. The molecule has 0 bridgehead atoms. The molecule has 0 amide bonds. The van der Waals surface area contributed by atoms with Gasteiger partial charge in [0.1, 0.15) is 16.8 Å². The van der Waals surface area contributed by atoms with Crippen molar-refractivity contribution < 1.29 is 4.79 Å². The van der Waals surface area contributed by atoms with Gasteiger partial charge in [-0.25, -0.2) is 4.68 Å². The minimum absolute atomic E-state index is 0.00323. The van der Waals surface area contributed by atoms with Crippen LogP contribution in [0, 0.1) is 18.3 Å². The van der Waals surface area contributed by atoms with E-state index in [1.165, 1.54) is 6.08 Å². The minimum atomic E-state index is -0.354. The molecule has 0 N–H and O–H groups in total. The lowest BCUT2D eigenvalue weighted by molar-refractivity contribution is 0.104. The summed E-state index contributed by atoms with van der Waals surface area (Å²) >= 11 is 12.7. The van der Waals surface area contributed by atoms with Gasteiger partial charge >= 0.3 is 0 Å². The Morgan fingerprint density at radius 2 is 1.81 bits per heavy atom. The number of carbonyl (C=O) groups excluding carboxylic acids is 1. The maximum atomic E-state index is 12.6. The first-order valence-electron chi connectivity index (χ1n) is 8.19. The lowest BCUT2D eigenvalue weighted by Gasteiger charge is -2.05. The average molecular weight is 396 g/mol. The molecule has 1 heterocycles. The van der Waals surface area contributed by atoms with E-state index in [1.807, 2.05) is 30.3 Å². The molecular formula is C21H15Cl2N3O. The summed E-state index contributed by atoms with van der Waals surface area (Å²) in [5.74, 6) is -0.354. The highest BCUT2D eigenvalue weighted by Crippen LogP contribution is 2.26. The van der Waals surface area contributed by atoms with E-state index in [2.05, 4.69) is 5.10 Å². The van der Waals surface area contributed by atoms with Crippen LogP contribution >= 0.6 is 23.2 Å². The fourth-order valence-electron chi connectivity index (χ4n) is 2.66. The number of Topliss-reactive ketones (excluding diaryl/α,β-unsaturated/α-hetero) is 1. The second-order valence-corrected chi connectivity index (χ2v) is 6.67. The van der Waals surface area contributed by atoms with Crippen LogP contribution in [0.25, 0.3) is 6.08 Å². The second kappa shape index (κ2) is 8.22. The molecule has 0 saturated carbocycles. The molecule has 6 heteroatoms. The Balaban J connectivity index is 1.96. The van der Waals surface area contributed by atoms with E-state index in [0.717, 1.165) is 5.56 Å². The minimum Gasteiger partial charge on any atom is -0.288 e. The molecule has 134 valence electrons. The van der Waals surface area contributed by atoms with E-state index < -0.39 is 0 Å². The highest BCUT2D eigenvalue weighted by Gasteiger charge is 2.17. The summed E-state index contributed by atoms with van der Waals surface area (Å²) in [6.07, 6.45) is 1.49. The third kappa shape index (κ3) is 4.11. The zero-order chi connectivity index (χ0) is 19.4. The number of hydrogen-bond donors (Lipinski definition) is 0. The SMILES string of the molecule is Cc1nn(Cc2ccccc2Cl)c(Cl)c1/C=C(\C#N)C(=O)c1ccccc1. The topological polar surface area (TPSA) is 58.7 Å². The van der Waals surface area contributed by atoms with Gasteiger partial charge in [0.15, 0.2) is 0 Å². The normalized spacial score (nSPS) is 11.3. The third-order valence-electron chi connectivity index (χ3n) is 4.08. The number of halogens is 2. The summed E-state index contributed by atoms with van der Waals surface area (Å²) in [6, 6.07) is 18.1. The van der Waals surface area contributed by atoms with Gasteiger partial charge in [0.25, 0.3) is 0 Å². The molecule has 0 atom stereocenters. The highest BCUT2D eigenvalue weighted by molar-refractivity contribution is 6.32. The molecule has 0 aliphatic rings. The van der Waals surface area contributed by atoms with Crippen molar-refractivity contribution in [2.75, 3.05) is 0 Å². The number of hydrogen-bond acceptors (Lipinski definition) is 3. The van der Waals surface area contributed by atoms with E-state index in [-0.39, 0.29) is 11.4 Å².